The van der Waals surface area contributed by atoms with Gasteiger partial charge in [0.15, 0.2) is 6.29 Å². The summed E-state index contributed by atoms with van der Waals surface area (Å²) in [6.45, 7) is 6.58. The fourth-order valence-corrected chi connectivity index (χ4v) is 9.63. The number of aryl methyl sites for hydroxylation is 1. The molecule has 404 valence electrons. The lowest BCUT2D eigenvalue weighted by molar-refractivity contribution is -0.302. The second-order valence-corrected chi connectivity index (χ2v) is 20.9. The minimum Gasteiger partial charge on any atom is -0.446 e. The van der Waals surface area contributed by atoms with E-state index >= 15 is 0 Å². The maximum atomic E-state index is 12.5. The summed E-state index contributed by atoms with van der Waals surface area (Å²) in [7, 11) is 0. The van der Waals surface area contributed by atoms with Crippen molar-refractivity contribution in [2.45, 2.75) is 307 Å². The van der Waals surface area contributed by atoms with Crippen LogP contribution in [0.4, 0.5) is 10.5 Å². The number of nitrogens with one attached hydrogen (secondary N) is 2. The number of ether oxygens (including phenoxy) is 3. The summed E-state index contributed by atoms with van der Waals surface area (Å²) in [4.78, 5) is 12.5. The van der Waals surface area contributed by atoms with E-state index in [0.717, 1.165) is 44.1 Å². The lowest BCUT2D eigenvalue weighted by atomic mass is 9.98. The Morgan fingerprint density at radius 1 is 0.551 bits per heavy atom. The molecule has 69 heavy (non-hydrogen) atoms. The van der Waals surface area contributed by atoms with E-state index in [9.17, 15) is 30.3 Å². The van der Waals surface area contributed by atoms with Gasteiger partial charge in [-0.25, -0.2) is 4.79 Å². The lowest BCUT2D eigenvalue weighted by Crippen LogP contribution is -2.60. The molecule has 0 spiro atoms. The first-order valence-corrected chi connectivity index (χ1v) is 29.1. The molecule has 11 heteroatoms. The molecule has 0 unspecified atom stereocenters. The summed E-state index contributed by atoms with van der Waals surface area (Å²) in [5.41, 5.74) is 1.58. The molecule has 8 atom stereocenters. The van der Waals surface area contributed by atoms with Gasteiger partial charge in [-0.05, 0) is 38.4 Å². The van der Waals surface area contributed by atoms with E-state index in [1.54, 1.807) is 12.1 Å². The van der Waals surface area contributed by atoms with Gasteiger partial charge in [0.2, 0.25) is 0 Å². The molecule has 1 aliphatic rings. The molecule has 0 aliphatic carbocycles. The van der Waals surface area contributed by atoms with Crippen LogP contribution in [-0.2, 0) is 14.2 Å². The number of carbonyl (C=O) groups is 1. The summed E-state index contributed by atoms with van der Waals surface area (Å²) >= 11 is 0. The number of rotatable bonds is 47. The predicted octanol–water partition coefficient (Wildman–Crippen LogP) is 13.5. The number of benzene rings is 1. The van der Waals surface area contributed by atoms with Crippen molar-refractivity contribution in [3.8, 4) is 0 Å². The second-order valence-electron chi connectivity index (χ2n) is 20.9. The minimum atomic E-state index is -1.62. The Balaban J connectivity index is 1.68. The van der Waals surface area contributed by atoms with E-state index in [0.29, 0.717) is 18.7 Å². The van der Waals surface area contributed by atoms with Crippen molar-refractivity contribution in [3.05, 3.63) is 29.8 Å². The van der Waals surface area contributed by atoms with E-state index in [1.165, 1.54) is 193 Å². The molecule has 1 aliphatic heterocycles. The summed E-state index contributed by atoms with van der Waals surface area (Å²) in [5.74, 6) is 0. The first-order valence-electron chi connectivity index (χ1n) is 29.1. The van der Waals surface area contributed by atoms with Gasteiger partial charge in [-0.15, -0.1) is 0 Å². The Morgan fingerprint density at radius 3 is 1.36 bits per heavy atom. The van der Waals surface area contributed by atoms with Gasteiger partial charge in [0, 0.05) is 5.69 Å². The molecule has 1 saturated heterocycles. The summed E-state index contributed by atoms with van der Waals surface area (Å²) < 4.78 is 17.1. The zero-order valence-electron chi connectivity index (χ0n) is 44.6. The van der Waals surface area contributed by atoms with Crippen LogP contribution in [0.25, 0.3) is 0 Å². The number of unbranched alkanes of at least 4 members (excludes halogenated alkanes) is 34. The quantitative estimate of drug-likeness (QED) is 0.0312. The van der Waals surface area contributed by atoms with Crippen molar-refractivity contribution in [2.75, 3.05) is 25.1 Å². The van der Waals surface area contributed by atoms with Gasteiger partial charge in [-0.3, -0.25) is 5.32 Å². The highest BCUT2D eigenvalue weighted by atomic mass is 16.7. The number of amides is 1. The van der Waals surface area contributed by atoms with Gasteiger partial charge in [-0.1, -0.05) is 256 Å². The summed E-state index contributed by atoms with van der Waals surface area (Å²) in [6.07, 6.45) is 37.1. The highest BCUT2D eigenvalue weighted by Gasteiger charge is 2.45. The third-order valence-corrected chi connectivity index (χ3v) is 14.4. The van der Waals surface area contributed by atoms with E-state index in [1.807, 2.05) is 19.1 Å². The highest BCUT2D eigenvalue weighted by molar-refractivity contribution is 5.84. The number of hydrogen-bond acceptors (Lipinski definition) is 10. The van der Waals surface area contributed by atoms with Crippen molar-refractivity contribution in [3.63, 3.8) is 0 Å². The van der Waals surface area contributed by atoms with Gasteiger partial charge >= 0.3 is 6.09 Å². The van der Waals surface area contributed by atoms with Crippen molar-refractivity contribution >= 4 is 11.8 Å². The second kappa shape index (κ2) is 43.7. The fourth-order valence-electron chi connectivity index (χ4n) is 9.63. The predicted molar refractivity (Wildman–Crippen MR) is 285 cm³/mol. The molecule has 1 fully saturated rings. The van der Waals surface area contributed by atoms with Crippen molar-refractivity contribution in [1.82, 2.24) is 5.32 Å². The average Bonchev–Trinajstić information content (AvgIpc) is 3.35. The van der Waals surface area contributed by atoms with Gasteiger partial charge < -0.3 is 45.1 Å². The zero-order valence-corrected chi connectivity index (χ0v) is 44.6. The number of anilines is 1. The van der Waals surface area contributed by atoms with Crippen LogP contribution in [0.2, 0.25) is 0 Å². The Hall–Kier alpha value is -1.83. The normalized spacial score (nSPS) is 19.7. The maximum absolute atomic E-state index is 12.5. The van der Waals surface area contributed by atoms with Crippen molar-refractivity contribution in [1.29, 1.82) is 0 Å². The number of aliphatic hydroxyl groups excluding tert-OH is 5. The molecular formula is C58H108N2O9. The van der Waals surface area contributed by atoms with Crippen LogP contribution in [0.1, 0.15) is 257 Å². The molecule has 11 nitrogen and oxygen atoms in total. The van der Waals surface area contributed by atoms with Crippen LogP contribution in [0.15, 0.2) is 24.3 Å². The molecule has 1 aromatic carbocycles. The molecule has 1 aromatic rings. The van der Waals surface area contributed by atoms with Crippen LogP contribution in [0.3, 0.4) is 0 Å². The Bertz CT molecular complexity index is 1290. The fraction of sp³-hybridized carbons (Fsp3) is 0.879. The van der Waals surface area contributed by atoms with Gasteiger partial charge in [0.25, 0.3) is 0 Å². The first-order chi connectivity index (χ1) is 33.7. The van der Waals surface area contributed by atoms with Gasteiger partial charge in [0.05, 0.1) is 24.9 Å². The Labute approximate surface area is 422 Å². The van der Waals surface area contributed by atoms with Crippen molar-refractivity contribution in [2.24, 2.45) is 0 Å². The topological polar surface area (TPSA) is 170 Å². The summed E-state index contributed by atoms with van der Waals surface area (Å²) in [5, 5.41) is 60.8. The largest absolute Gasteiger partial charge is 0.446 e. The SMILES string of the molecule is CCCCCCCCCCCCCCCCCCCCCCCCCCN[C@@H](CO[C@H]1O[C@H](COC(=O)Nc2ccc(C)cc2)[C@H](O)[C@H](O)[C@H]1O)[C@H](O)[C@H](O)CCCCCCCCCCCCCC. The minimum absolute atomic E-state index is 0.123. The molecule has 1 amide bonds. The van der Waals surface area contributed by atoms with Crippen molar-refractivity contribution < 1.29 is 44.5 Å². The van der Waals surface area contributed by atoms with E-state index in [4.69, 9.17) is 14.2 Å². The van der Waals surface area contributed by atoms with E-state index < -0.39 is 61.7 Å². The summed E-state index contributed by atoms with van der Waals surface area (Å²) in [6, 6.07) is 6.52. The van der Waals surface area contributed by atoms with Crippen LogP contribution < -0.4 is 10.6 Å². The average molecular weight is 978 g/mol. The van der Waals surface area contributed by atoms with Crippen LogP contribution in [0, 0.1) is 6.92 Å². The molecule has 1 heterocycles. The molecule has 2 rings (SSSR count). The zero-order chi connectivity index (χ0) is 50.0. The molecule has 7 N–H and O–H groups in total. The third kappa shape index (κ3) is 32.8. The number of hydrogen-bond donors (Lipinski definition) is 7. The van der Waals surface area contributed by atoms with E-state index in [-0.39, 0.29) is 6.61 Å². The standard InChI is InChI=1S/C58H108N2O9/c1-4-6-8-10-12-14-16-18-19-20-21-22-23-24-25-26-27-28-29-31-33-35-37-39-45-59-50(53(62)51(61)40-38-36-34-32-30-17-15-13-11-9-7-5-2)46-67-57-56(65)55(64)54(63)52(69-57)47-68-58(66)60-49-43-41-48(3)42-44-49/h41-44,50-57,59,61-65H,4-40,45-47H2,1-3H3,(H,60,66)/t50-,51+,52+,53-,54-,55-,56+,57-/m0/s1. The monoisotopic (exact) mass is 977 g/mol. The molecule has 0 radical (unpaired) electrons. The van der Waals surface area contributed by atoms with Gasteiger partial charge in [-0.2, -0.15) is 0 Å². The van der Waals surface area contributed by atoms with Crippen LogP contribution in [-0.4, -0.2) is 100 Å². The maximum Gasteiger partial charge on any atom is 0.411 e. The van der Waals surface area contributed by atoms with Crippen LogP contribution >= 0.6 is 0 Å². The smallest absolute Gasteiger partial charge is 0.411 e. The first kappa shape index (κ1) is 63.3. The number of carbonyl (C=O) groups excluding carboxylic acids is 1. The number of aliphatic hydroxyl groups is 5. The Morgan fingerprint density at radius 2 is 0.942 bits per heavy atom. The van der Waals surface area contributed by atoms with Crippen LogP contribution in [0.5, 0.6) is 0 Å². The Kier molecular flexibility index (Phi) is 40.1. The molecule has 0 bridgehead atoms. The van der Waals surface area contributed by atoms with E-state index in [2.05, 4.69) is 24.5 Å². The van der Waals surface area contributed by atoms with Gasteiger partial charge in [0.1, 0.15) is 31.0 Å². The molecule has 0 saturated carbocycles. The lowest BCUT2D eigenvalue weighted by Gasteiger charge is -2.40. The molecule has 0 aromatic heterocycles. The molecular weight excluding hydrogens is 869 g/mol. The third-order valence-electron chi connectivity index (χ3n) is 14.4. The highest BCUT2D eigenvalue weighted by Crippen LogP contribution is 2.24.